The van der Waals surface area contributed by atoms with Gasteiger partial charge in [-0.3, -0.25) is 4.79 Å². The average Bonchev–Trinajstić information content (AvgIpc) is 2.49. The molecule has 0 spiro atoms. The molecule has 0 aromatic heterocycles. The van der Waals surface area contributed by atoms with E-state index in [2.05, 4.69) is 12.2 Å². The number of hydrogen-bond acceptors (Lipinski definition) is 3. The van der Waals surface area contributed by atoms with E-state index in [4.69, 9.17) is 0 Å². The van der Waals surface area contributed by atoms with Crippen LogP contribution in [0.2, 0.25) is 0 Å². The van der Waals surface area contributed by atoms with Gasteiger partial charge in [0.1, 0.15) is 6.04 Å². The Labute approximate surface area is 101 Å². The molecule has 1 heterocycles. The topological polar surface area (TPSA) is 52.6 Å². The molecule has 4 heteroatoms. The van der Waals surface area contributed by atoms with Gasteiger partial charge in [-0.1, -0.05) is 18.2 Å². The molecule has 1 aromatic rings. The zero-order valence-electron chi connectivity index (χ0n) is 9.97. The summed E-state index contributed by atoms with van der Waals surface area (Å²) in [6.45, 7) is 2.58. The highest BCUT2D eigenvalue weighted by Gasteiger charge is 2.31. The number of rotatable bonds is 2. The highest BCUT2D eigenvalue weighted by molar-refractivity contribution is 5.86. The first kappa shape index (κ1) is 11.9. The Hall–Kier alpha value is -1.55. The van der Waals surface area contributed by atoms with E-state index in [-0.39, 0.29) is 18.6 Å². The highest BCUT2D eigenvalue weighted by Crippen LogP contribution is 2.22. The lowest BCUT2D eigenvalue weighted by atomic mass is 10.1. The maximum absolute atomic E-state index is 11.9. The number of anilines is 1. The zero-order valence-corrected chi connectivity index (χ0v) is 9.97. The molecule has 0 radical (unpaired) electrons. The molecule has 0 aliphatic carbocycles. The molecule has 1 fully saturated rings. The summed E-state index contributed by atoms with van der Waals surface area (Å²) in [7, 11) is 0. The van der Waals surface area contributed by atoms with E-state index in [0.717, 1.165) is 12.1 Å². The average molecular weight is 234 g/mol. The fraction of sp³-hybridized carbons (Fsp3) is 0.462. The smallest absolute Gasteiger partial charge is 0.245 e. The van der Waals surface area contributed by atoms with Crippen LogP contribution in [0.4, 0.5) is 5.69 Å². The minimum atomic E-state index is -0.491. The number of aliphatic hydroxyl groups excluding tert-OH is 1. The molecule has 2 atom stereocenters. The molecule has 0 saturated carbocycles. The minimum absolute atomic E-state index is 0.0966. The Balaban J connectivity index is 2.34. The Bertz CT molecular complexity index is 380. The van der Waals surface area contributed by atoms with Crippen LogP contribution in [0.3, 0.4) is 0 Å². The van der Waals surface area contributed by atoms with Crippen LogP contribution in [-0.4, -0.2) is 36.2 Å². The number of carbonyl (C=O) groups is 1. The van der Waals surface area contributed by atoms with Crippen LogP contribution in [0.25, 0.3) is 0 Å². The molecule has 2 N–H and O–H groups in total. The van der Waals surface area contributed by atoms with Gasteiger partial charge < -0.3 is 15.3 Å². The standard InChI is InChI=1S/C13H18N2O2/c1-10-7-8-14-13(17)12(9-16)15(10)11-5-3-2-4-6-11/h2-6,10,12,16H,7-9H2,1H3,(H,14,17). The number of amides is 1. The van der Waals surface area contributed by atoms with Crippen molar-refractivity contribution in [2.24, 2.45) is 0 Å². The molecular formula is C13H18N2O2. The second kappa shape index (κ2) is 5.19. The lowest BCUT2D eigenvalue weighted by Crippen LogP contribution is -2.49. The van der Waals surface area contributed by atoms with Crippen LogP contribution >= 0.6 is 0 Å². The van der Waals surface area contributed by atoms with Crippen molar-refractivity contribution in [1.82, 2.24) is 5.32 Å². The van der Waals surface area contributed by atoms with Crippen molar-refractivity contribution in [3.05, 3.63) is 30.3 Å². The maximum atomic E-state index is 11.9. The van der Waals surface area contributed by atoms with Crippen molar-refractivity contribution in [3.63, 3.8) is 0 Å². The van der Waals surface area contributed by atoms with Gasteiger partial charge in [-0.15, -0.1) is 0 Å². The van der Waals surface area contributed by atoms with Crippen LogP contribution in [0.1, 0.15) is 13.3 Å². The van der Waals surface area contributed by atoms with Gasteiger partial charge in [0.2, 0.25) is 5.91 Å². The first-order valence-electron chi connectivity index (χ1n) is 5.96. The number of nitrogens with one attached hydrogen (secondary N) is 1. The van der Waals surface area contributed by atoms with E-state index >= 15 is 0 Å². The Morgan fingerprint density at radius 2 is 2.12 bits per heavy atom. The molecule has 2 unspecified atom stereocenters. The van der Waals surface area contributed by atoms with E-state index < -0.39 is 6.04 Å². The first-order valence-corrected chi connectivity index (χ1v) is 5.96. The highest BCUT2D eigenvalue weighted by atomic mass is 16.3. The fourth-order valence-corrected chi connectivity index (χ4v) is 2.30. The van der Waals surface area contributed by atoms with E-state index in [0.29, 0.717) is 6.54 Å². The summed E-state index contributed by atoms with van der Waals surface area (Å²) in [5.41, 5.74) is 0.983. The van der Waals surface area contributed by atoms with Crippen LogP contribution in [0.15, 0.2) is 30.3 Å². The quantitative estimate of drug-likeness (QED) is 0.794. The van der Waals surface area contributed by atoms with Crippen LogP contribution in [0.5, 0.6) is 0 Å². The maximum Gasteiger partial charge on any atom is 0.245 e. The zero-order chi connectivity index (χ0) is 12.3. The van der Waals surface area contributed by atoms with Gasteiger partial charge in [-0.25, -0.2) is 0 Å². The van der Waals surface area contributed by atoms with Crippen molar-refractivity contribution < 1.29 is 9.90 Å². The molecule has 1 aliphatic heterocycles. The van der Waals surface area contributed by atoms with Crippen molar-refractivity contribution in [1.29, 1.82) is 0 Å². The summed E-state index contributed by atoms with van der Waals surface area (Å²) >= 11 is 0. The summed E-state index contributed by atoms with van der Waals surface area (Å²) in [6.07, 6.45) is 0.886. The van der Waals surface area contributed by atoms with Gasteiger partial charge >= 0.3 is 0 Å². The Kier molecular flexibility index (Phi) is 3.64. The number of carbonyl (C=O) groups excluding carboxylic acids is 1. The predicted molar refractivity (Wildman–Crippen MR) is 66.9 cm³/mol. The fourth-order valence-electron chi connectivity index (χ4n) is 2.30. The number of benzene rings is 1. The summed E-state index contributed by atoms with van der Waals surface area (Å²) < 4.78 is 0. The second-order valence-corrected chi connectivity index (χ2v) is 4.37. The number of para-hydroxylation sites is 1. The molecular weight excluding hydrogens is 216 g/mol. The number of aliphatic hydroxyl groups is 1. The SMILES string of the molecule is CC1CCNC(=O)C(CO)N1c1ccccc1. The van der Waals surface area contributed by atoms with Crippen molar-refractivity contribution in [3.8, 4) is 0 Å². The third-order valence-corrected chi connectivity index (χ3v) is 3.20. The minimum Gasteiger partial charge on any atom is -0.394 e. The molecule has 4 nitrogen and oxygen atoms in total. The van der Waals surface area contributed by atoms with E-state index in [1.807, 2.05) is 35.2 Å². The lowest BCUT2D eigenvalue weighted by Gasteiger charge is -2.34. The van der Waals surface area contributed by atoms with E-state index in [1.165, 1.54) is 0 Å². The van der Waals surface area contributed by atoms with Crippen molar-refractivity contribution >= 4 is 11.6 Å². The summed E-state index contributed by atoms with van der Waals surface area (Å²) in [6, 6.07) is 9.51. The molecule has 2 rings (SSSR count). The monoisotopic (exact) mass is 234 g/mol. The normalized spacial score (nSPS) is 25.3. The number of hydrogen-bond donors (Lipinski definition) is 2. The summed E-state index contributed by atoms with van der Waals surface area (Å²) in [5.74, 6) is -0.0966. The van der Waals surface area contributed by atoms with E-state index in [9.17, 15) is 9.90 Å². The second-order valence-electron chi connectivity index (χ2n) is 4.37. The Morgan fingerprint density at radius 1 is 1.41 bits per heavy atom. The van der Waals surface area contributed by atoms with E-state index in [1.54, 1.807) is 0 Å². The van der Waals surface area contributed by atoms with Crippen molar-refractivity contribution in [2.45, 2.75) is 25.4 Å². The van der Waals surface area contributed by atoms with Gasteiger partial charge in [-0.2, -0.15) is 0 Å². The van der Waals surface area contributed by atoms with Gasteiger partial charge in [0.05, 0.1) is 6.61 Å². The largest absolute Gasteiger partial charge is 0.394 e. The van der Waals surface area contributed by atoms with Crippen LogP contribution in [-0.2, 0) is 4.79 Å². The molecule has 0 bridgehead atoms. The van der Waals surface area contributed by atoms with Crippen LogP contribution < -0.4 is 10.2 Å². The van der Waals surface area contributed by atoms with Crippen LogP contribution in [0, 0.1) is 0 Å². The summed E-state index contributed by atoms with van der Waals surface area (Å²) in [5, 5.41) is 12.3. The third-order valence-electron chi connectivity index (χ3n) is 3.20. The van der Waals surface area contributed by atoms with Gasteiger partial charge in [0, 0.05) is 18.3 Å². The van der Waals surface area contributed by atoms with Crippen molar-refractivity contribution in [2.75, 3.05) is 18.1 Å². The molecule has 1 saturated heterocycles. The molecule has 1 aliphatic rings. The van der Waals surface area contributed by atoms with Gasteiger partial charge in [-0.05, 0) is 25.5 Å². The molecule has 92 valence electrons. The molecule has 1 aromatic carbocycles. The molecule has 1 amide bonds. The third kappa shape index (κ3) is 2.42. The first-order chi connectivity index (χ1) is 8.24. The van der Waals surface area contributed by atoms with Gasteiger partial charge in [0.25, 0.3) is 0 Å². The van der Waals surface area contributed by atoms with Gasteiger partial charge in [0.15, 0.2) is 0 Å². The predicted octanol–water partition coefficient (Wildman–Crippen LogP) is 0.762. The lowest BCUT2D eigenvalue weighted by molar-refractivity contribution is -0.122. The Morgan fingerprint density at radius 3 is 2.76 bits per heavy atom. The number of nitrogens with zero attached hydrogens (tertiary/aromatic N) is 1. The summed E-state index contributed by atoms with van der Waals surface area (Å²) in [4.78, 5) is 13.9. The molecule has 17 heavy (non-hydrogen) atoms.